The molecule has 0 unspecified atom stereocenters. The van der Waals surface area contributed by atoms with Crippen molar-refractivity contribution < 1.29 is 9.53 Å². The number of H-pyrrole nitrogens is 1. The molecule has 1 aliphatic carbocycles. The zero-order valence-electron chi connectivity index (χ0n) is 12.9. The Labute approximate surface area is 133 Å². The molecule has 23 heavy (non-hydrogen) atoms. The molecule has 0 spiro atoms. The van der Waals surface area contributed by atoms with Crippen LogP contribution in [-0.4, -0.2) is 27.8 Å². The Hall–Kier alpha value is -2.76. The molecule has 0 aliphatic heterocycles. The Morgan fingerprint density at radius 2 is 2.13 bits per heavy atom. The summed E-state index contributed by atoms with van der Waals surface area (Å²) < 4.78 is 6.68. The van der Waals surface area contributed by atoms with Gasteiger partial charge < -0.3 is 15.5 Å². The third-order valence-electron chi connectivity index (χ3n) is 4.52. The van der Waals surface area contributed by atoms with Crippen molar-refractivity contribution >= 4 is 22.6 Å². The second-order valence-electron chi connectivity index (χ2n) is 5.82. The second-order valence-corrected chi connectivity index (χ2v) is 5.82. The lowest BCUT2D eigenvalue weighted by Gasteiger charge is -2.09. The molecule has 3 N–H and O–H groups in total. The van der Waals surface area contributed by atoms with E-state index in [9.17, 15) is 4.79 Å². The van der Waals surface area contributed by atoms with Gasteiger partial charge in [0.05, 0.1) is 23.9 Å². The van der Waals surface area contributed by atoms with E-state index in [0.717, 1.165) is 47.8 Å². The third-order valence-corrected chi connectivity index (χ3v) is 4.52. The molecule has 1 aromatic carbocycles. The molecule has 0 amide bonds. The van der Waals surface area contributed by atoms with Crippen molar-refractivity contribution in [2.24, 2.45) is 0 Å². The maximum Gasteiger partial charge on any atom is 0.280 e. The summed E-state index contributed by atoms with van der Waals surface area (Å²) in [7, 11) is 1.61. The third kappa shape index (κ3) is 2.02. The average molecular weight is 310 g/mol. The van der Waals surface area contributed by atoms with Crippen molar-refractivity contribution in [3.63, 3.8) is 0 Å². The van der Waals surface area contributed by atoms with Crippen LogP contribution < -0.4 is 10.5 Å². The van der Waals surface area contributed by atoms with E-state index in [1.165, 1.54) is 4.68 Å². The fourth-order valence-corrected chi connectivity index (χ4v) is 3.33. The number of aryl methyl sites for hydroxylation is 1. The van der Waals surface area contributed by atoms with Gasteiger partial charge in [-0.25, -0.2) is 0 Å². The van der Waals surface area contributed by atoms with Crippen LogP contribution in [-0.2, 0) is 12.8 Å². The number of carbonyl (C=O) groups is 1. The van der Waals surface area contributed by atoms with Gasteiger partial charge in [-0.05, 0) is 43.9 Å². The maximum atomic E-state index is 13.0. The minimum absolute atomic E-state index is 0.204. The Morgan fingerprint density at radius 3 is 2.91 bits per heavy atom. The number of nitrogens with one attached hydrogen (secondary N) is 1. The molecular formula is C17H18N4O2. The molecule has 0 bridgehead atoms. The van der Waals surface area contributed by atoms with Gasteiger partial charge in [0.25, 0.3) is 5.91 Å². The summed E-state index contributed by atoms with van der Waals surface area (Å²) in [5.41, 5.74) is 9.54. The number of carbonyl (C=O) groups excluding carboxylic acids is 1. The molecule has 0 fully saturated rings. The summed E-state index contributed by atoms with van der Waals surface area (Å²) >= 11 is 0. The smallest absolute Gasteiger partial charge is 0.280 e. The summed E-state index contributed by atoms with van der Waals surface area (Å²) in [5.74, 6) is 0.975. The standard InChI is InChI=1S/C17H18N4O2/c1-23-14-7-6-11(10-8-9-19-15(10)14)17(22)21-16(18)12-4-2-3-5-13(12)20-21/h6-9,19H,2-5,18H2,1H3. The molecule has 2 heterocycles. The van der Waals surface area contributed by atoms with Crippen LogP contribution in [0.2, 0.25) is 0 Å². The number of nitrogen functional groups attached to an aromatic ring is 1. The van der Waals surface area contributed by atoms with E-state index >= 15 is 0 Å². The van der Waals surface area contributed by atoms with Gasteiger partial charge >= 0.3 is 0 Å². The van der Waals surface area contributed by atoms with Gasteiger partial charge in [-0.3, -0.25) is 4.79 Å². The zero-order valence-corrected chi connectivity index (χ0v) is 12.9. The fourth-order valence-electron chi connectivity index (χ4n) is 3.33. The molecule has 1 aliphatic rings. The number of anilines is 1. The summed E-state index contributed by atoms with van der Waals surface area (Å²) in [6.07, 6.45) is 5.78. The number of hydrogen-bond donors (Lipinski definition) is 2. The van der Waals surface area contributed by atoms with E-state index in [1.807, 2.05) is 6.07 Å². The molecule has 4 rings (SSSR count). The van der Waals surface area contributed by atoms with Crippen LogP contribution in [0.3, 0.4) is 0 Å². The number of fused-ring (bicyclic) bond motifs is 2. The van der Waals surface area contributed by atoms with Crippen LogP contribution in [0.5, 0.6) is 5.75 Å². The highest BCUT2D eigenvalue weighted by Crippen LogP contribution is 2.30. The number of nitrogens with two attached hydrogens (primary N) is 1. The SMILES string of the molecule is COc1ccc(C(=O)n2nc3c(c2N)CCCC3)c2cc[nH]c12. The van der Waals surface area contributed by atoms with E-state index in [4.69, 9.17) is 10.5 Å². The van der Waals surface area contributed by atoms with Gasteiger partial charge in [0.1, 0.15) is 11.6 Å². The second kappa shape index (κ2) is 5.15. The highest BCUT2D eigenvalue weighted by molar-refractivity contribution is 6.09. The number of ether oxygens (including phenoxy) is 1. The van der Waals surface area contributed by atoms with Crippen molar-refractivity contribution in [1.82, 2.24) is 14.8 Å². The number of nitrogens with zero attached hydrogens (tertiary/aromatic N) is 2. The zero-order chi connectivity index (χ0) is 16.0. The van der Waals surface area contributed by atoms with Crippen molar-refractivity contribution in [2.75, 3.05) is 12.8 Å². The minimum atomic E-state index is -0.204. The van der Waals surface area contributed by atoms with Crippen molar-refractivity contribution in [2.45, 2.75) is 25.7 Å². The molecule has 3 aromatic rings. The Bertz CT molecular complexity index is 907. The van der Waals surface area contributed by atoms with Crippen LogP contribution >= 0.6 is 0 Å². The van der Waals surface area contributed by atoms with Crippen LogP contribution in [0, 0.1) is 0 Å². The predicted molar refractivity (Wildman–Crippen MR) is 87.9 cm³/mol. The van der Waals surface area contributed by atoms with Gasteiger partial charge in [-0.15, -0.1) is 0 Å². The lowest BCUT2D eigenvalue weighted by Crippen LogP contribution is -2.16. The first-order valence-corrected chi connectivity index (χ1v) is 7.75. The number of methoxy groups -OCH3 is 1. The van der Waals surface area contributed by atoms with E-state index in [0.29, 0.717) is 17.1 Å². The van der Waals surface area contributed by atoms with E-state index in [2.05, 4.69) is 10.1 Å². The van der Waals surface area contributed by atoms with E-state index in [1.54, 1.807) is 25.4 Å². The molecule has 0 radical (unpaired) electrons. The molecule has 0 saturated heterocycles. The Kier molecular flexibility index (Phi) is 3.11. The Balaban J connectivity index is 1.84. The quantitative estimate of drug-likeness (QED) is 0.761. The van der Waals surface area contributed by atoms with E-state index in [-0.39, 0.29) is 5.91 Å². The minimum Gasteiger partial charge on any atom is -0.495 e. The van der Waals surface area contributed by atoms with Crippen LogP contribution in [0.25, 0.3) is 10.9 Å². The van der Waals surface area contributed by atoms with Crippen molar-refractivity contribution in [1.29, 1.82) is 0 Å². The van der Waals surface area contributed by atoms with Crippen LogP contribution in [0.4, 0.5) is 5.82 Å². The molecular weight excluding hydrogens is 292 g/mol. The summed E-state index contributed by atoms with van der Waals surface area (Å²) in [4.78, 5) is 16.1. The van der Waals surface area contributed by atoms with Gasteiger partial charge in [-0.2, -0.15) is 9.78 Å². The monoisotopic (exact) mass is 310 g/mol. The summed E-state index contributed by atoms with van der Waals surface area (Å²) in [6.45, 7) is 0. The first kappa shape index (κ1) is 13.9. The molecule has 2 aromatic heterocycles. The van der Waals surface area contributed by atoms with Gasteiger partial charge in [0.15, 0.2) is 0 Å². The normalized spacial score (nSPS) is 14.0. The molecule has 6 nitrogen and oxygen atoms in total. The Morgan fingerprint density at radius 1 is 1.30 bits per heavy atom. The number of benzene rings is 1. The van der Waals surface area contributed by atoms with Crippen molar-refractivity contribution in [3.05, 3.63) is 41.2 Å². The number of aromatic amines is 1. The number of rotatable bonds is 2. The highest BCUT2D eigenvalue weighted by atomic mass is 16.5. The molecule has 0 saturated carbocycles. The molecule has 118 valence electrons. The van der Waals surface area contributed by atoms with Gasteiger partial charge in [-0.1, -0.05) is 0 Å². The maximum absolute atomic E-state index is 13.0. The topological polar surface area (TPSA) is 85.9 Å². The lowest BCUT2D eigenvalue weighted by molar-refractivity contribution is 0.0949. The van der Waals surface area contributed by atoms with Crippen molar-refractivity contribution in [3.8, 4) is 5.75 Å². The number of aromatic nitrogens is 3. The lowest BCUT2D eigenvalue weighted by atomic mass is 9.98. The van der Waals surface area contributed by atoms with Gasteiger partial charge in [0.2, 0.25) is 0 Å². The highest BCUT2D eigenvalue weighted by Gasteiger charge is 2.24. The predicted octanol–water partition coefficient (Wildman–Crippen LogP) is 2.52. The number of hydrogen-bond acceptors (Lipinski definition) is 4. The molecule has 6 heteroatoms. The van der Waals surface area contributed by atoms with E-state index < -0.39 is 0 Å². The first-order valence-electron chi connectivity index (χ1n) is 7.75. The summed E-state index contributed by atoms with van der Waals surface area (Å²) in [6, 6.07) is 5.41. The summed E-state index contributed by atoms with van der Waals surface area (Å²) in [5, 5.41) is 5.27. The fraction of sp³-hybridized carbons (Fsp3) is 0.294. The molecule has 0 atom stereocenters. The van der Waals surface area contributed by atoms with Crippen LogP contribution in [0.15, 0.2) is 24.4 Å². The largest absolute Gasteiger partial charge is 0.495 e. The van der Waals surface area contributed by atoms with Gasteiger partial charge in [0, 0.05) is 17.1 Å². The van der Waals surface area contributed by atoms with Crippen LogP contribution in [0.1, 0.15) is 34.5 Å². The average Bonchev–Trinajstić information content (AvgIpc) is 3.19. The first-order chi connectivity index (χ1) is 11.2.